The summed E-state index contributed by atoms with van der Waals surface area (Å²) < 4.78 is 2.39. The molecule has 8 aromatic carbocycles. The van der Waals surface area contributed by atoms with E-state index in [0.717, 1.165) is 12.8 Å². The van der Waals surface area contributed by atoms with Gasteiger partial charge in [-0.3, -0.25) is 0 Å². The van der Waals surface area contributed by atoms with Crippen LogP contribution in [-0.4, -0.2) is 4.57 Å². The van der Waals surface area contributed by atoms with Gasteiger partial charge in [0, 0.05) is 16.5 Å². The van der Waals surface area contributed by atoms with E-state index in [1.54, 1.807) is 0 Å². The van der Waals surface area contributed by atoms with Crippen LogP contribution in [0.15, 0.2) is 188 Å². The molecule has 2 aliphatic rings. The highest BCUT2D eigenvalue weighted by Gasteiger charge is 2.49. The first-order valence-electron chi connectivity index (χ1n) is 18.4. The molecule has 244 valence electrons. The molecule has 1 heterocycles. The van der Waals surface area contributed by atoms with Gasteiger partial charge in [-0.05, 0) is 110 Å². The van der Waals surface area contributed by atoms with Gasteiger partial charge < -0.3 is 4.57 Å². The van der Waals surface area contributed by atoms with Gasteiger partial charge in [-0.1, -0.05) is 158 Å². The summed E-state index contributed by atoms with van der Waals surface area (Å²) in [6, 6.07) is 70.3. The SMILES string of the molecule is c1ccc(-c2cccc3c2C2(c4ccccc4Cc4cc(-c5ccc6c(c5)c5ccccc5n6-c5ccccc5)ccc42)c2ccccc2C3)cc1. The smallest absolute Gasteiger partial charge is 0.0718 e. The molecule has 1 spiro atoms. The molecule has 0 N–H and O–H groups in total. The van der Waals surface area contributed by atoms with E-state index in [-0.39, 0.29) is 0 Å². The van der Waals surface area contributed by atoms with Crippen LogP contribution in [0.5, 0.6) is 0 Å². The third kappa shape index (κ3) is 4.11. The van der Waals surface area contributed by atoms with E-state index < -0.39 is 5.41 Å². The van der Waals surface area contributed by atoms with E-state index >= 15 is 0 Å². The van der Waals surface area contributed by atoms with Crippen molar-refractivity contribution in [3.05, 3.63) is 233 Å². The van der Waals surface area contributed by atoms with E-state index in [1.807, 2.05) is 0 Å². The maximum atomic E-state index is 2.49. The van der Waals surface area contributed by atoms with Gasteiger partial charge in [-0.2, -0.15) is 0 Å². The summed E-state index contributed by atoms with van der Waals surface area (Å²) in [7, 11) is 0. The van der Waals surface area contributed by atoms with Crippen molar-refractivity contribution in [2.24, 2.45) is 0 Å². The van der Waals surface area contributed by atoms with E-state index in [9.17, 15) is 0 Å². The van der Waals surface area contributed by atoms with Crippen LogP contribution in [0, 0.1) is 0 Å². The number of nitrogens with zero attached hydrogens (tertiary/aromatic N) is 1. The topological polar surface area (TPSA) is 4.93 Å². The molecule has 52 heavy (non-hydrogen) atoms. The number of benzene rings is 8. The van der Waals surface area contributed by atoms with E-state index in [2.05, 4.69) is 193 Å². The van der Waals surface area contributed by atoms with Gasteiger partial charge in [0.1, 0.15) is 0 Å². The zero-order valence-electron chi connectivity index (χ0n) is 28.8. The lowest BCUT2D eigenvalue weighted by Gasteiger charge is -2.47. The first-order chi connectivity index (χ1) is 25.8. The van der Waals surface area contributed by atoms with Gasteiger partial charge in [0.15, 0.2) is 0 Å². The van der Waals surface area contributed by atoms with Crippen LogP contribution in [0.2, 0.25) is 0 Å². The number of hydrogen-bond acceptors (Lipinski definition) is 0. The monoisotopic (exact) mass is 661 g/mol. The minimum atomic E-state index is -0.438. The van der Waals surface area contributed by atoms with Crippen molar-refractivity contribution in [1.82, 2.24) is 4.57 Å². The standard InChI is InChI=1S/C51H35N/c1-3-14-34(15-4-1)42-22-13-18-39-31-37-16-7-10-23-45(37)51(50(39)42)46-24-11-8-17-38(46)32-40-30-35(26-28-47(40)51)36-27-29-49-44(33-36)43-21-9-12-25-48(43)52(49)41-19-5-2-6-20-41/h1-30,33H,31-32H2. The average molecular weight is 662 g/mol. The third-order valence-corrected chi connectivity index (χ3v) is 11.7. The normalized spacial score (nSPS) is 15.6. The Labute approximate surface area is 304 Å². The highest BCUT2D eigenvalue weighted by molar-refractivity contribution is 6.10. The lowest BCUT2D eigenvalue weighted by atomic mass is 9.54. The van der Waals surface area contributed by atoms with Crippen LogP contribution in [0.25, 0.3) is 49.7 Å². The van der Waals surface area contributed by atoms with Crippen molar-refractivity contribution in [3.8, 4) is 27.9 Å². The lowest BCUT2D eigenvalue weighted by Crippen LogP contribution is -2.40. The number of para-hydroxylation sites is 2. The zero-order valence-corrected chi connectivity index (χ0v) is 28.8. The van der Waals surface area contributed by atoms with Crippen LogP contribution in [-0.2, 0) is 18.3 Å². The molecule has 1 heteroatoms. The first-order valence-corrected chi connectivity index (χ1v) is 18.4. The lowest BCUT2D eigenvalue weighted by molar-refractivity contribution is 0.672. The summed E-state index contributed by atoms with van der Waals surface area (Å²) in [4.78, 5) is 0. The summed E-state index contributed by atoms with van der Waals surface area (Å²) >= 11 is 0. The average Bonchev–Trinajstić information content (AvgIpc) is 3.55. The van der Waals surface area contributed by atoms with E-state index in [1.165, 1.54) is 94.3 Å². The summed E-state index contributed by atoms with van der Waals surface area (Å²) in [5, 5.41) is 2.55. The number of aromatic nitrogens is 1. The molecular formula is C51H35N. The fraction of sp³-hybridized carbons (Fsp3) is 0.0588. The third-order valence-electron chi connectivity index (χ3n) is 11.7. The second-order valence-corrected chi connectivity index (χ2v) is 14.4. The predicted octanol–water partition coefficient (Wildman–Crippen LogP) is 12.3. The van der Waals surface area contributed by atoms with Crippen molar-refractivity contribution in [2.75, 3.05) is 0 Å². The quantitative estimate of drug-likeness (QED) is 0.178. The highest BCUT2D eigenvalue weighted by Crippen LogP contribution is 2.57. The molecule has 9 aromatic rings. The van der Waals surface area contributed by atoms with Gasteiger partial charge in [-0.15, -0.1) is 0 Å². The van der Waals surface area contributed by atoms with E-state index in [0.29, 0.717) is 0 Å². The second-order valence-electron chi connectivity index (χ2n) is 14.4. The summed E-state index contributed by atoms with van der Waals surface area (Å²) in [5.74, 6) is 0. The highest BCUT2D eigenvalue weighted by atomic mass is 15.0. The minimum absolute atomic E-state index is 0.438. The van der Waals surface area contributed by atoms with Gasteiger partial charge in [-0.25, -0.2) is 0 Å². The van der Waals surface area contributed by atoms with Crippen LogP contribution in [0.4, 0.5) is 0 Å². The molecule has 1 aromatic heterocycles. The Hall–Kier alpha value is -6.44. The minimum Gasteiger partial charge on any atom is -0.309 e. The van der Waals surface area contributed by atoms with Gasteiger partial charge in [0.25, 0.3) is 0 Å². The Morgan fingerprint density at radius 3 is 1.73 bits per heavy atom. The Morgan fingerprint density at radius 2 is 0.942 bits per heavy atom. The van der Waals surface area contributed by atoms with Gasteiger partial charge >= 0.3 is 0 Å². The fourth-order valence-electron chi connectivity index (χ4n) is 9.67. The molecule has 0 bridgehead atoms. The molecule has 0 saturated carbocycles. The van der Waals surface area contributed by atoms with Crippen LogP contribution in [0.3, 0.4) is 0 Å². The summed E-state index contributed by atoms with van der Waals surface area (Å²) in [5.41, 5.74) is 19.5. The van der Waals surface area contributed by atoms with Crippen LogP contribution < -0.4 is 0 Å². The largest absolute Gasteiger partial charge is 0.309 e. The van der Waals surface area contributed by atoms with Crippen molar-refractivity contribution < 1.29 is 0 Å². The summed E-state index contributed by atoms with van der Waals surface area (Å²) in [6.07, 6.45) is 1.84. The zero-order chi connectivity index (χ0) is 34.2. The molecule has 0 saturated heterocycles. The molecule has 0 fully saturated rings. The summed E-state index contributed by atoms with van der Waals surface area (Å²) in [6.45, 7) is 0. The van der Waals surface area contributed by atoms with Gasteiger partial charge in [0.2, 0.25) is 0 Å². The van der Waals surface area contributed by atoms with Crippen molar-refractivity contribution >= 4 is 21.8 Å². The van der Waals surface area contributed by atoms with E-state index in [4.69, 9.17) is 0 Å². The van der Waals surface area contributed by atoms with Crippen LogP contribution >= 0.6 is 0 Å². The molecule has 1 unspecified atom stereocenters. The fourth-order valence-corrected chi connectivity index (χ4v) is 9.67. The second kappa shape index (κ2) is 11.3. The van der Waals surface area contributed by atoms with Crippen molar-refractivity contribution in [3.63, 3.8) is 0 Å². The Bertz CT molecular complexity index is 2830. The first kappa shape index (κ1) is 29.3. The maximum Gasteiger partial charge on any atom is 0.0718 e. The molecule has 2 aliphatic carbocycles. The predicted molar refractivity (Wildman–Crippen MR) is 216 cm³/mol. The molecular weight excluding hydrogens is 627 g/mol. The molecule has 0 radical (unpaired) electrons. The molecule has 1 nitrogen and oxygen atoms in total. The molecule has 0 amide bonds. The number of hydrogen-bond donors (Lipinski definition) is 0. The molecule has 1 atom stereocenters. The van der Waals surface area contributed by atoms with Crippen LogP contribution in [0.1, 0.15) is 44.5 Å². The number of rotatable bonds is 3. The molecule has 0 aliphatic heterocycles. The Balaban J connectivity index is 1.17. The maximum absolute atomic E-state index is 2.49. The molecule has 11 rings (SSSR count). The number of fused-ring (bicyclic) bond motifs is 11. The van der Waals surface area contributed by atoms with Crippen molar-refractivity contribution in [2.45, 2.75) is 18.3 Å². The van der Waals surface area contributed by atoms with Crippen molar-refractivity contribution in [1.29, 1.82) is 0 Å². The Kier molecular flexibility index (Phi) is 6.36. The Morgan fingerprint density at radius 1 is 0.365 bits per heavy atom. The van der Waals surface area contributed by atoms with Gasteiger partial charge in [0.05, 0.1) is 16.4 Å².